The van der Waals surface area contributed by atoms with Crippen molar-refractivity contribution in [3.8, 4) is 0 Å². The third-order valence-corrected chi connectivity index (χ3v) is 0.453. The van der Waals surface area contributed by atoms with Gasteiger partial charge >= 0.3 is 0 Å². The maximum atomic E-state index is 11.4. The van der Waals surface area contributed by atoms with Crippen LogP contribution in [-0.2, 0) is 0 Å². The van der Waals surface area contributed by atoms with Crippen LogP contribution < -0.4 is 0 Å². The Kier molecular flexibility index (Phi) is 1.81. The van der Waals surface area contributed by atoms with E-state index in [2.05, 4.69) is 6.58 Å². The fourth-order valence-electron chi connectivity index (χ4n) is 0. The number of hydrogen-bond donors (Lipinski definition) is 1. The Labute approximate surface area is 36.1 Å². The second-order valence-electron chi connectivity index (χ2n) is 1.12. The summed E-state index contributed by atoms with van der Waals surface area (Å²) in [7, 11) is 0. The highest BCUT2D eigenvalue weighted by Gasteiger charge is 1.94. The molecule has 36 valence electrons. The molecule has 1 atom stereocenters. The molecule has 0 aromatic heterocycles. The van der Waals surface area contributed by atoms with Crippen LogP contribution in [0.1, 0.15) is 6.92 Å². The van der Waals surface area contributed by atoms with Gasteiger partial charge in [0.05, 0.1) is 0 Å². The van der Waals surface area contributed by atoms with Crippen molar-refractivity contribution in [2.45, 2.75) is 13.0 Å². The lowest BCUT2D eigenvalue weighted by molar-refractivity contribution is 0.202. The molecule has 0 aliphatic rings. The Morgan fingerprint density at radius 1 is 2.00 bits per heavy atom. The summed E-state index contributed by atoms with van der Waals surface area (Å²) in [4.78, 5) is 0. The van der Waals surface area contributed by atoms with Crippen LogP contribution in [0.2, 0.25) is 0 Å². The van der Waals surface area contributed by atoms with E-state index in [4.69, 9.17) is 5.11 Å². The van der Waals surface area contributed by atoms with Gasteiger partial charge < -0.3 is 5.11 Å². The molecule has 0 radical (unpaired) electrons. The minimum absolute atomic E-state index is 0.685. The number of rotatable bonds is 1. The van der Waals surface area contributed by atoms with Gasteiger partial charge in [0.2, 0.25) is 0 Å². The number of hydrogen-bond acceptors (Lipinski definition) is 1. The van der Waals surface area contributed by atoms with Gasteiger partial charge in [-0.3, -0.25) is 0 Å². The summed E-state index contributed by atoms with van der Waals surface area (Å²) in [6, 6.07) is 0. The van der Waals surface area contributed by atoms with Gasteiger partial charge in [-0.1, -0.05) is 6.58 Å². The zero-order valence-corrected chi connectivity index (χ0v) is 3.61. The molecule has 0 amide bonds. The Morgan fingerprint density at radius 2 is 2.17 bits per heavy atom. The molecule has 1 N–H and O–H groups in total. The highest BCUT2D eigenvalue weighted by molar-refractivity contribution is 4.85. The molecule has 6 heavy (non-hydrogen) atoms. The van der Waals surface area contributed by atoms with Gasteiger partial charge in [-0.2, -0.15) is 0 Å². The summed E-state index contributed by atoms with van der Waals surface area (Å²) in [5.74, 6) is -0.685. The van der Waals surface area contributed by atoms with E-state index in [1.54, 1.807) is 0 Å². The summed E-state index contributed by atoms with van der Waals surface area (Å²) in [5, 5.41) is 8.16. The second-order valence-corrected chi connectivity index (χ2v) is 1.12. The highest BCUT2D eigenvalue weighted by atomic mass is 19.1. The maximum Gasteiger partial charge on any atom is 0.121 e. The van der Waals surface area contributed by atoms with Crippen LogP contribution in [0.4, 0.5) is 4.39 Å². The van der Waals surface area contributed by atoms with Gasteiger partial charge in [-0.05, 0) is 6.92 Å². The van der Waals surface area contributed by atoms with Crippen LogP contribution in [0.15, 0.2) is 12.4 Å². The minimum Gasteiger partial charge on any atom is -0.386 e. The van der Waals surface area contributed by atoms with Crippen molar-refractivity contribution in [2.75, 3.05) is 0 Å². The molecule has 0 aliphatic heterocycles. The molecule has 0 saturated carbocycles. The summed E-state index contributed by atoms with van der Waals surface area (Å²) in [6.45, 7) is 4.16. The van der Waals surface area contributed by atoms with Crippen LogP contribution in [0.25, 0.3) is 0 Å². The molecule has 0 bridgehead atoms. The zero-order chi connectivity index (χ0) is 5.15. The molecule has 0 rings (SSSR count). The number of aliphatic hydroxyl groups excluding tert-OH is 1. The van der Waals surface area contributed by atoms with E-state index in [-0.39, 0.29) is 0 Å². The molecule has 0 aliphatic carbocycles. The van der Waals surface area contributed by atoms with E-state index >= 15 is 0 Å². The van der Waals surface area contributed by atoms with Crippen LogP contribution in [0, 0.1) is 0 Å². The van der Waals surface area contributed by atoms with Gasteiger partial charge in [0, 0.05) is 0 Å². The zero-order valence-electron chi connectivity index (χ0n) is 3.61. The SMILES string of the molecule is C=C(F)C(C)O. The van der Waals surface area contributed by atoms with Crippen molar-refractivity contribution in [1.82, 2.24) is 0 Å². The quantitative estimate of drug-likeness (QED) is 0.506. The van der Waals surface area contributed by atoms with E-state index in [9.17, 15) is 4.39 Å². The van der Waals surface area contributed by atoms with Crippen molar-refractivity contribution in [1.29, 1.82) is 0 Å². The Hall–Kier alpha value is -0.370. The Bertz CT molecular complexity index is 58.6. The molecule has 2 heteroatoms. The minimum atomic E-state index is -1.01. The van der Waals surface area contributed by atoms with Gasteiger partial charge in [0.1, 0.15) is 11.9 Å². The molecule has 0 spiro atoms. The molecule has 0 saturated heterocycles. The van der Waals surface area contributed by atoms with Crippen LogP contribution in [0.5, 0.6) is 0 Å². The van der Waals surface area contributed by atoms with Crippen molar-refractivity contribution >= 4 is 0 Å². The first-order valence-corrected chi connectivity index (χ1v) is 1.67. The van der Waals surface area contributed by atoms with Crippen LogP contribution in [0.3, 0.4) is 0 Å². The number of aliphatic hydroxyl groups is 1. The van der Waals surface area contributed by atoms with Crippen LogP contribution in [-0.4, -0.2) is 11.2 Å². The monoisotopic (exact) mass is 90.0 g/mol. The summed E-state index contributed by atoms with van der Waals surface area (Å²) < 4.78 is 11.4. The van der Waals surface area contributed by atoms with E-state index in [0.717, 1.165) is 0 Å². The normalized spacial score (nSPS) is 13.8. The lowest BCUT2D eigenvalue weighted by Crippen LogP contribution is -1.96. The average molecular weight is 90.1 g/mol. The van der Waals surface area contributed by atoms with Gasteiger partial charge in [-0.15, -0.1) is 0 Å². The fraction of sp³-hybridized carbons (Fsp3) is 0.500. The average Bonchev–Trinajstić information content (AvgIpc) is 1.36. The Morgan fingerprint density at radius 3 is 2.17 bits per heavy atom. The van der Waals surface area contributed by atoms with Gasteiger partial charge in [0.15, 0.2) is 0 Å². The lowest BCUT2D eigenvalue weighted by atomic mass is 10.4. The predicted molar refractivity (Wildman–Crippen MR) is 21.9 cm³/mol. The highest BCUT2D eigenvalue weighted by Crippen LogP contribution is 1.95. The van der Waals surface area contributed by atoms with Crippen molar-refractivity contribution in [3.63, 3.8) is 0 Å². The second kappa shape index (κ2) is 1.92. The van der Waals surface area contributed by atoms with Gasteiger partial charge in [-0.25, -0.2) is 4.39 Å². The first-order chi connectivity index (χ1) is 2.64. The van der Waals surface area contributed by atoms with Crippen molar-refractivity contribution < 1.29 is 9.50 Å². The molecule has 0 aromatic carbocycles. The molecule has 1 unspecified atom stereocenters. The van der Waals surface area contributed by atoms with E-state index < -0.39 is 11.9 Å². The first kappa shape index (κ1) is 5.63. The molecule has 0 fully saturated rings. The number of halogens is 1. The van der Waals surface area contributed by atoms with Gasteiger partial charge in [0.25, 0.3) is 0 Å². The summed E-state index contributed by atoms with van der Waals surface area (Å²) >= 11 is 0. The third kappa shape index (κ3) is 1.91. The molecule has 1 nitrogen and oxygen atoms in total. The van der Waals surface area contributed by atoms with Crippen LogP contribution >= 0.6 is 0 Å². The lowest BCUT2D eigenvalue weighted by Gasteiger charge is -1.92. The third-order valence-electron chi connectivity index (χ3n) is 0.453. The maximum absolute atomic E-state index is 11.4. The fourth-order valence-corrected chi connectivity index (χ4v) is 0. The van der Waals surface area contributed by atoms with E-state index in [1.165, 1.54) is 6.92 Å². The molecule has 0 heterocycles. The van der Waals surface area contributed by atoms with E-state index in [1.807, 2.05) is 0 Å². The summed E-state index contributed by atoms with van der Waals surface area (Å²) in [5.41, 5.74) is 0. The first-order valence-electron chi connectivity index (χ1n) is 1.67. The van der Waals surface area contributed by atoms with E-state index in [0.29, 0.717) is 0 Å². The molecule has 0 aromatic rings. The topological polar surface area (TPSA) is 20.2 Å². The largest absolute Gasteiger partial charge is 0.386 e. The molecular weight excluding hydrogens is 83.0 g/mol. The smallest absolute Gasteiger partial charge is 0.121 e. The molecular formula is C4H7FO. The summed E-state index contributed by atoms with van der Waals surface area (Å²) in [6.07, 6.45) is -1.01. The van der Waals surface area contributed by atoms with Crippen molar-refractivity contribution in [3.05, 3.63) is 12.4 Å². The van der Waals surface area contributed by atoms with Crippen molar-refractivity contribution in [2.24, 2.45) is 0 Å². The standard InChI is InChI=1S/C4H7FO/c1-3(5)4(2)6/h4,6H,1H2,2H3. The Balaban J connectivity index is 3.26. The predicted octanol–water partition coefficient (Wildman–Crippen LogP) is 0.850.